The Kier molecular flexibility index (Phi) is 4.56. The molecular weight excluding hydrogens is 280 g/mol. The highest BCUT2D eigenvalue weighted by Gasteiger charge is 2.10. The van der Waals surface area contributed by atoms with Crippen LogP contribution < -0.4 is 0 Å². The zero-order valence-corrected chi connectivity index (χ0v) is 12.8. The van der Waals surface area contributed by atoms with Gasteiger partial charge >= 0.3 is 0 Å². The molecule has 2 aromatic rings. The van der Waals surface area contributed by atoms with Crippen molar-refractivity contribution >= 4 is 22.2 Å². The summed E-state index contributed by atoms with van der Waals surface area (Å²) in [5.74, 6) is -0.586. The fraction of sp³-hybridized carbons (Fsp3) is 0.235. The molecule has 0 atom stereocenters. The van der Waals surface area contributed by atoms with Crippen molar-refractivity contribution in [3.8, 4) is 5.75 Å². The summed E-state index contributed by atoms with van der Waals surface area (Å²) in [5, 5.41) is 29.0. The number of carbonyl (C=O) groups excluding carboxylic acids is 1. The lowest BCUT2D eigenvalue weighted by Gasteiger charge is -2.07. The molecule has 0 aliphatic heterocycles. The number of fused-ring (bicyclic) bond motifs is 1. The van der Waals surface area contributed by atoms with Gasteiger partial charge in [-0.3, -0.25) is 4.79 Å². The summed E-state index contributed by atoms with van der Waals surface area (Å²) in [5.41, 5.74) is 1.26. The maximum absolute atomic E-state index is 11.4. The topological polar surface area (TPSA) is 82.2 Å². The Labute approximate surface area is 128 Å². The Morgan fingerprint density at radius 3 is 2.45 bits per heavy atom. The Balaban J connectivity index is 2.52. The second-order valence-corrected chi connectivity index (χ2v) is 4.99. The lowest BCUT2D eigenvalue weighted by Crippen LogP contribution is -1.96. The van der Waals surface area contributed by atoms with Crippen LogP contribution in [0.3, 0.4) is 0 Å². The molecule has 5 heteroatoms. The van der Waals surface area contributed by atoms with Gasteiger partial charge in [0.25, 0.3) is 0 Å². The fourth-order valence-electron chi connectivity index (χ4n) is 2.29. The van der Waals surface area contributed by atoms with Gasteiger partial charge < -0.3 is 10.2 Å². The Hall–Kier alpha value is -2.69. The lowest BCUT2D eigenvalue weighted by atomic mass is 10.0. The molecule has 0 unspecified atom stereocenters. The molecule has 2 rings (SSSR count). The van der Waals surface area contributed by atoms with Crippen LogP contribution in [0, 0.1) is 0 Å². The van der Waals surface area contributed by atoms with Gasteiger partial charge in [0.2, 0.25) is 0 Å². The van der Waals surface area contributed by atoms with Crippen LogP contribution in [0.4, 0.5) is 5.69 Å². The molecule has 0 radical (unpaired) electrons. The maximum Gasteiger partial charge on any atom is 0.183 e. The number of hydrogen-bond donors (Lipinski definition) is 2. The van der Waals surface area contributed by atoms with E-state index in [2.05, 4.69) is 10.2 Å². The van der Waals surface area contributed by atoms with Crippen molar-refractivity contribution in [1.29, 1.82) is 0 Å². The van der Waals surface area contributed by atoms with E-state index < -0.39 is 5.78 Å². The van der Waals surface area contributed by atoms with E-state index in [0.29, 0.717) is 5.39 Å². The number of allylic oxidation sites excluding steroid dienone is 2. The fourth-order valence-corrected chi connectivity index (χ4v) is 2.29. The number of aliphatic hydroxyl groups is 1. The van der Waals surface area contributed by atoms with E-state index in [1.165, 1.54) is 13.8 Å². The highest BCUT2D eigenvalue weighted by Crippen LogP contribution is 2.36. The van der Waals surface area contributed by atoms with E-state index in [1.54, 1.807) is 6.07 Å². The summed E-state index contributed by atoms with van der Waals surface area (Å²) in [7, 11) is 0. The normalized spacial score (nSPS) is 12.7. The number of nitrogens with zero attached hydrogens (tertiary/aromatic N) is 2. The molecule has 0 heterocycles. The van der Waals surface area contributed by atoms with Crippen molar-refractivity contribution in [3.05, 3.63) is 47.4 Å². The molecule has 2 N–H and O–H groups in total. The number of rotatable bonds is 4. The van der Waals surface area contributed by atoms with E-state index in [-0.39, 0.29) is 22.9 Å². The number of azo groups is 1. The van der Waals surface area contributed by atoms with E-state index in [0.717, 1.165) is 17.4 Å². The summed E-state index contributed by atoms with van der Waals surface area (Å²) in [4.78, 5) is 11.4. The molecule has 0 spiro atoms. The Morgan fingerprint density at radius 1 is 1.14 bits per heavy atom. The van der Waals surface area contributed by atoms with Crippen LogP contribution in [0.15, 0.2) is 52.0 Å². The second-order valence-electron chi connectivity index (χ2n) is 4.99. The summed E-state index contributed by atoms with van der Waals surface area (Å²) in [6, 6.07) is 9.20. The first-order valence-electron chi connectivity index (χ1n) is 7.01. The molecule has 114 valence electrons. The largest absolute Gasteiger partial charge is 0.510 e. The lowest BCUT2D eigenvalue weighted by molar-refractivity contribution is -0.113. The van der Waals surface area contributed by atoms with Crippen molar-refractivity contribution < 1.29 is 15.0 Å². The van der Waals surface area contributed by atoms with Gasteiger partial charge in [-0.05, 0) is 30.4 Å². The van der Waals surface area contributed by atoms with E-state index in [9.17, 15) is 15.0 Å². The standard InChI is InChI=1S/C17H18N2O3/c1-4-12-6-5-7-14-13(12)8-9-15(17(14)22)18-19-16(10(2)20)11(3)21/h5-9,20,22H,4H2,1-3H3. The van der Waals surface area contributed by atoms with Gasteiger partial charge in [-0.1, -0.05) is 31.2 Å². The predicted molar refractivity (Wildman–Crippen MR) is 85.5 cm³/mol. The molecule has 0 saturated heterocycles. The monoisotopic (exact) mass is 298 g/mol. The number of carbonyl (C=O) groups is 1. The van der Waals surface area contributed by atoms with E-state index >= 15 is 0 Å². The molecule has 0 aliphatic rings. The zero-order chi connectivity index (χ0) is 16.3. The van der Waals surface area contributed by atoms with Gasteiger partial charge in [-0.2, -0.15) is 0 Å². The molecule has 0 aliphatic carbocycles. The third-order valence-electron chi connectivity index (χ3n) is 3.42. The molecule has 5 nitrogen and oxygen atoms in total. The Morgan fingerprint density at radius 2 is 1.86 bits per heavy atom. The van der Waals surface area contributed by atoms with Crippen molar-refractivity contribution in [3.63, 3.8) is 0 Å². The minimum atomic E-state index is -0.391. The van der Waals surface area contributed by atoms with Crippen LogP contribution in [0.25, 0.3) is 10.8 Å². The van der Waals surface area contributed by atoms with Crippen LogP contribution in [-0.4, -0.2) is 16.0 Å². The molecule has 0 aromatic heterocycles. The molecular formula is C17H18N2O3. The number of hydrogen-bond acceptors (Lipinski definition) is 5. The number of Topliss-reactive ketones (excluding diaryl/α,β-unsaturated/α-hetero) is 1. The van der Waals surface area contributed by atoms with Crippen LogP contribution in [0.2, 0.25) is 0 Å². The number of aliphatic hydroxyl groups excluding tert-OH is 1. The van der Waals surface area contributed by atoms with Crippen molar-refractivity contribution in [2.45, 2.75) is 27.2 Å². The SMILES string of the molecule is CCc1cccc2c(O)c(N=NC(C(C)=O)=C(C)O)ccc12. The van der Waals surface area contributed by atoms with E-state index in [1.807, 2.05) is 31.2 Å². The molecule has 0 fully saturated rings. The summed E-state index contributed by atoms with van der Waals surface area (Å²) < 4.78 is 0. The molecule has 22 heavy (non-hydrogen) atoms. The van der Waals surface area contributed by atoms with Crippen molar-refractivity contribution in [2.24, 2.45) is 10.2 Å². The highest BCUT2D eigenvalue weighted by molar-refractivity contribution is 5.95. The zero-order valence-electron chi connectivity index (χ0n) is 12.8. The molecule has 0 saturated carbocycles. The van der Waals surface area contributed by atoms with Gasteiger partial charge in [-0.25, -0.2) is 0 Å². The first-order valence-corrected chi connectivity index (χ1v) is 7.01. The van der Waals surface area contributed by atoms with Gasteiger partial charge in [0, 0.05) is 12.3 Å². The number of aromatic hydroxyl groups is 1. The Bertz CT molecular complexity index is 788. The maximum atomic E-state index is 11.4. The summed E-state index contributed by atoms with van der Waals surface area (Å²) in [6.45, 7) is 4.71. The van der Waals surface area contributed by atoms with Crippen LogP contribution in [-0.2, 0) is 11.2 Å². The second kappa shape index (κ2) is 6.39. The van der Waals surface area contributed by atoms with Gasteiger partial charge in [0.15, 0.2) is 17.2 Å². The van der Waals surface area contributed by atoms with Gasteiger partial charge in [0.05, 0.1) is 0 Å². The average molecular weight is 298 g/mol. The highest BCUT2D eigenvalue weighted by atomic mass is 16.3. The van der Waals surface area contributed by atoms with E-state index in [4.69, 9.17) is 0 Å². The molecule has 2 aromatic carbocycles. The molecule has 0 bridgehead atoms. The minimum Gasteiger partial charge on any atom is -0.510 e. The van der Waals surface area contributed by atoms with Crippen LogP contribution in [0.1, 0.15) is 26.3 Å². The number of aryl methyl sites for hydroxylation is 1. The number of ketones is 1. The predicted octanol–water partition coefficient (Wildman–Crippen LogP) is 4.57. The first-order chi connectivity index (χ1) is 10.5. The van der Waals surface area contributed by atoms with Gasteiger partial charge in [-0.15, -0.1) is 10.2 Å². The smallest absolute Gasteiger partial charge is 0.183 e. The summed E-state index contributed by atoms with van der Waals surface area (Å²) in [6.07, 6.45) is 0.860. The first kappa shape index (κ1) is 15.7. The molecule has 0 amide bonds. The third-order valence-corrected chi connectivity index (χ3v) is 3.42. The summed E-state index contributed by atoms with van der Waals surface area (Å²) >= 11 is 0. The van der Waals surface area contributed by atoms with Crippen LogP contribution >= 0.6 is 0 Å². The number of phenols is 1. The van der Waals surface area contributed by atoms with Gasteiger partial charge in [0.1, 0.15) is 11.4 Å². The van der Waals surface area contributed by atoms with Crippen molar-refractivity contribution in [2.75, 3.05) is 0 Å². The number of phenolic OH excluding ortho intramolecular Hbond substituents is 1. The van der Waals surface area contributed by atoms with Crippen molar-refractivity contribution in [1.82, 2.24) is 0 Å². The number of benzene rings is 2. The quantitative estimate of drug-likeness (QED) is 0.492. The third kappa shape index (κ3) is 2.98. The van der Waals surface area contributed by atoms with Crippen LogP contribution in [0.5, 0.6) is 5.75 Å². The average Bonchev–Trinajstić information content (AvgIpc) is 2.48. The minimum absolute atomic E-state index is 0.00930.